The van der Waals surface area contributed by atoms with Gasteiger partial charge >= 0.3 is 5.97 Å². The SMILES string of the molecule is CC.Cc1ccccc1C1(c2noc(-c3cc(C(F)F)nn3C3CC(C(=O)O)C3)n2)CC1. The second kappa shape index (κ2) is 8.44. The summed E-state index contributed by atoms with van der Waals surface area (Å²) in [4.78, 5) is 15.7. The molecule has 0 atom stereocenters. The summed E-state index contributed by atoms with van der Waals surface area (Å²) in [5, 5.41) is 17.3. The fourth-order valence-electron chi connectivity index (χ4n) is 4.32. The van der Waals surface area contributed by atoms with Crippen molar-refractivity contribution in [3.05, 3.63) is 53.0 Å². The molecule has 2 aliphatic rings. The average Bonchev–Trinajstić information content (AvgIpc) is 3.18. The van der Waals surface area contributed by atoms with Crippen LogP contribution in [0.25, 0.3) is 11.6 Å². The van der Waals surface area contributed by atoms with Gasteiger partial charge in [-0.3, -0.25) is 9.48 Å². The molecule has 2 saturated carbocycles. The van der Waals surface area contributed by atoms with Crippen LogP contribution in [0, 0.1) is 12.8 Å². The van der Waals surface area contributed by atoms with E-state index in [4.69, 9.17) is 9.63 Å². The first-order chi connectivity index (χ1) is 15.4. The molecule has 32 heavy (non-hydrogen) atoms. The van der Waals surface area contributed by atoms with E-state index >= 15 is 0 Å². The molecule has 7 nitrogen and oxygen atoms in total. The number of alkyl halides is 2. The minimum absolute atomic E-state index is 0.128. The quantitative estimate of drug-likeness (QED) is 0.553. The molecule has 170 valence electrons. The maximum absolute atomic E-state index is 13.3. The van der Waals surface area contributed by atoms with Gasteiger partial charge in [-0.25, -0.2) is 8.78 Å². The fraction of sp³-hybridized carbons (Fsp3) is 0.478. The molecule has 2 fully saturated rings. The van der Waals surface area contributed by atoms with E-state index < -0.39 is 18.3 Å². The van der Waals surface area contributed by atoms with E-state index in [0.717, 1.165) is 24.0 Å². The van der Waals surface area contributed by atoms with Crippen molar-refractivity contribution in [1.82, 2.24) is 19.9 Å². The van der Waals surface area contributed by atoms with Crippen LogP contribution in [0.2, 0.25) is 0 Å². The Kier molecular flexibility index (Phi) is 5.83. The number of carboxylic acid groups (broad SMARTS) is 1. The van der Waals surface area contributed by atoms with Crippen LogP contribution >= 0.6 is 0 Å². The summed E-state index contributed by atoms with van der Waals surface area (Å²) in [5.74, 6) is -0.711. The third kappa shape index (κ3) is 3.69. The Balaban J connectivity index is 0.00000119. The molecule has 3 aromatic rings. The van der Waals surface area contributed by atoms with Gasteiger partial charge in [0.2, 0.25) is 0 Å². The minimum atomic E-state index is -2.75. The van der Waals surface area contributed by atoms with Gasteiger partial charge in [-0.05, 0) is 49.8 Å². The second-order valence-corrected chi connectivity index (χ2v) is 8.18. The fourth-order valence-corrected chi connectivity index (χ4v) is 4.32. The number of halogens is 2. The third-order valence-corrected chi connectivity index (χ3v) is 6.27. The molecular formula is C23H26F2N4O3. The van der Waals surface area contributed by atoms with Crippen molar-refractivity contribution >= 4 is 5.97 Å². The molecule has 1 N–H and O–H groups in total. The van der Waals surface area contributed by atoms with Crippen LogP contribution in [-0.4, -0.2) is 31.0 Å². The van der Waals surface area contributed by atoms with Crippen LogP contribution in [0.5, 0.6) is 0 Å². The van der Waals surface area contributed by atoms with E-state index in [1.165, 1.54) is 10.7 Å². The van der Waals surface area contributed by atoms with Crippen molar-refractivity contribution in [2.75, 3.05) is 0 Å². The summed E-state index contributed by atoms with van der Waals surface area (Å²) in [6, 6.07) is 9.01. The van der Waals surface area contributed by atoms with Crippen molar-refractivity contribution in [3.8, 4) is 11.6 Å². The highest BCUT2D eigenvalue weighted by Gasteiger charge is 2.51. The molecule has 0 saturated heterocycles. The molecule has 0 amide bonds. The molecule has 0 bridgehead atoms. The van der Waals surface area contributed by atoms with Crippen molar-refractivity contribution in [2.45, 2.75) is 64.3 Å². The smallest absolute Gasteiger partial charge is 0.306 e. The normalized spacial score (nSPS) is 20.9. The number of nitrogens with zero attached hydrogens (tertiary/aromatic N) is 4. The van der Waals surface area contributed by atoms with Gasteiger partial charge in [-0.2, -0.15) is 10.1 Å². The Morgan fingerprint density at radius 1 is 1.25 bits per heavy atom. The van der Waals surface area contributed by atoms with E-state index in [-0.39, 0.29) is 23.0 Å². The summed E-state index contributed by atoms with van der Waals surface area (Å²) >= 11 is 0. The predicted octanol–water partition coefficient (Wildman–Crippen LogP) is 5.32. The molecule has 5 rings (SSSR count). The van der Waals surface area contributed by atoms with Crippen LogP contribution in [-0.2, 0) is 10.2 Å². The van der Waals surface area contributed by atoms with Crippen molar-refractivity contribution in [1.29, 1.82) is 0 Å². The van der Waals surface area contributed by atoms with Gasteiger partial charge in [0, 0.05) is 0 Å². The highest BCUT2D eigenvalue weighted by Crippen LogP contribution is 2.53. The van der Waals surface area contributed by atoms with E-state index in [2.05, 4.69) is 21.3 Å². The zero-order chi connectivity index (χ0) is 23.0. The van der Waals surface area contributed by atoms with Gasteiger partial charge in [-0.1, -0.05) is 43.3 Å². The van der Waals surface area contributed by atoms with Crippen LogP contribution < -0.4 is 0 Å². The number of rotatable bonds is 6. The Bertz CT molecular complexity index is 1110. The van der Waals surface area contributed by atoms with Crippen LogP contribution in [0.3, 0.4) is 0 Å². The van der Waals surface area contributed by atoms with Gasteiger partial charge in [0.25, 0.3) is 12.3 Å². The first-order valence-electron chi connectivity index (χ1n) is 10.9. The molecule has 0 aliphatic heterocycles. The van der Waals surface area contributed by atoms with Gasteiger partial charge < -0.3 is 9.63 Å². The van der Waals surface area contributed by atoms with Gasteiger partial charge in [0.05, 0.1) is 17.4 Å². The maximum Gasteiger partial charge on any atom is 0.306 e. The Hall–Kier alpha value is -3.10. The number of hydrogen-bond donors (Lipinski definition) is 1. The summed E-state index contributed by atoms with van der Waals surface area (Å²) in [6.45, 7) is 6.04. The zero-order valence-electron chi connectivity index (χ0n) is 18.3. The van der Waals surface area contributed by atoms with Gasteiger partial charge in [0.1, 0.15) is 11.4 Å². The Labute approximate surface area is 184 Å². The lowest BCUT2D eigenvalue weighted by atomic mass is 9.80. The molecule has 2 heterocycles. The highest BCUT2D eigenvalue weighted by molar-refractivity contribution is 5.71. The first-order valence-corrected chi connectivity index (χ1v) is 10.9. The molecule has 0 unspecified atom stereocenters. The van der Waals surface area contributed by atoms with Crippen molar-refractivity contribution in [2.24, 2.45) is 5.92 Å². The lowest BCUT2D eigenvalue weighted by Gasteiger charge is -2.33. The zero-order valence-corrected chi connectivity index (χ0v) is 18.3. The van der Waals surface area contributed by atoms with E-state index in [1.54, 1.807) is 0 Å². The molecule has 2 aromatic heterocycles. The van der Waals surface area contributed by atoms with Crippen molar-refractivity contribution in [3.63, 3.8) is 0 Å². The number of hydrogen-bond acceptors (Lipinski definition) is 5. The monoisotopic (exact) mass is 444 g/mol. The van der Waals surface area contributed by atoms with Gasteiger partial charge in [0.15, 0.2) is 5.82 Å². The summed E-state index contributed by atoms with van der Waals surface area (Å²) < 4.78 is 33.5. The number of aromatic nitrogens is 4. The second-order valence-electron chi connectivity index (χ2n) is 8.18. The lowest BCUT2D eigenvalue weighted by Crippen LogP contribution is -2.33. The molecular weight excluding hydrogens is 418 g/mol. The van der Waals surface area contributed by atoms with E-state index in [9.17, 15) is 13.6 Å². The van der Waals surface area contributed by atoms with E-state index in [0.29, 0.717) is 24.4 Å². The molecule has 0 radical (unpaired) electrons. The number of benzene rings is 1. The van der Waals surface area contributed by atoms with Crippen LogP contribution in [0.1, 0.15) is 74.6 Å². The molecule has 2 aliphatic carbocycles. The Morgan fingerprint density at radius 3 is 2.53 bits per heavy atom. The third-order valence-electron chi connectivity index (χ3n) is 6.27. The average molecular weight is 444 g/mol. The van der Waals surface area contributed by atoms with Crippen LogP contribution in [0.15, 0.2) is 34.9 Å². The summed E-state index contributed by atoms with van der Waals surface area (Å²) in [7, 11) is 0. The molecule has 9 heteroatoms. The number of aryl methyl sites for hydroxylation is 1. The Morgan fingerprint density at radius 2 is 1.94 bits per heavy atom. The van der Waals surface area contributed by atoms with Crippen LogP contribution in [0.4, 0.5) is 8.78 Å². The summed E-state index contributed by atoms with van der Waals surface area (Å²) in [6.07, 6.45) is -0.297. The largest absolute Gasteiger partial charge is 0.481 e. The topological polar surface area (TPSA) is 94.0 Å². The lowest BCUT2D eigenvalue weighted by molar-refractivity contribution is -0.146. The first kappa shape index (κ1) is 22.1. The number of carbonyl (C=O) groups is 1. The molecule has 1 aromatic carbocycles. The predicted molar refractivity (Wildman–Crippen MR) is 112 cm³/mol. The van der Waals surface area contributed by atoms with E-state index in [1.807, 2.05) is 39.0 Å². The maximum atomic E-state index is 13.3. The molecule has 0 spiro atoms. The van der Waals surface area contributed by atoms with Crippen molar-refractivity contribution < 1.29 is 23.2 Å². The number of carboxylic acids is 1. The standard InChI is InChI=1S/C21H20F2N4O3.C2H6/c1-11-4-2-3-5-14(11)21(6-7-21)20-24-18(30-26-20)16-10-15(17(22)23)25-27(16)13-8-12(9-13)19(28)29;1-2/h2-5,10,12-13,17H,6-9H2,1H3,(H,28,29);1-2H3. The van der Waals surface area contributed by atoms with Gasteiger partial charge in [-0.15, -0.1) is 0 Å². The number of aliphatic carboxylic acids is 1. The minimum Gasteiger partial charge on any atom is -0.481 e. The summed E-state index contributed by atoms with van der Waals surface area (Å²) in [5.41, 5.74) is 1.89. The highest BCUT2D eigenvalue weighted by atomic mass is 19.3.